The Morgan fingerprint density at radius 3 is 2.67 bits per heavy atom. The quantitative estimate of drug-likeness (QED) is 0.480. The molecule has 1 heterocycles. The highest BCUT2D eigenvalue weighted by atomic mass is 32.1. The minimum absolute atomic E-state index is 0.0567. The van der Waals surface area contributed by atoms with Crippen LogP contribution in [0.25, 0.3) is 0 Å². The van der Waals surface area contributed by atoms with Crippen molar-refractivity contribution in [1.29, 1.82) is 0 Å². The van der Waals surface area contributed by atoms with Gasteiger partial charge in [0.1, 0.15) is 11.5 Å². The number of aldehydes is 1. The summed E-state index contributed by atoms with van der Waals surface area (Å²) >= 11 is 1.28. The van der Waals surface area contributed by atoms with Crippen molar-refractivity contribution in [2.75, 3.05) is 0 Å². The summed E-state index contributed by atoms with van der Waals surface area (Å²) in [6.45, 7) is 1.65. The smallest absolute Gasteiger partial charge is 0.272 e. The molecule has 0 atom stereocenters. The van der Waals surface area contributed by atoms with Gasteiger partial charge in [0.05, 0.1) is 9.80 Å². The first-order chi connectivity index (χ1) is 8.60. The minimum atomic E-state index is -0.436. The van der Waals surface area contributed by atoms with Crippen molar-refractivity contribution >= 4 is 23.3 Å². The zero-order chi connectivity index (χ0) is 13.1. The number of carbonyl (C=O) groups excluding carboxylic acids is 1. The highest BCUT2D eigenvalue weighted by Gasteiger charge is 2.11. The molecule has 6 heteroatoms. The van der Waals surface area contributed by atoms with Crippen LogP contribution in [0.3, 0.4) is 0 Å². The van der Waals surface area contributed by atoms with Gasteiger partial charge < -0.3 is 4.74 Å². The van der Waals surface area contributed by atoms with E-state index in [0.29, 0.717) is 21.9 Å². The lowest BCUT2D eigenvalue weighted by atomic mass is 10.2. The fourth-order valence-electron chi connectivity index (χ4n) is 1.48. The second-order valence-corrected chi connectivity index (χ2v) is 4.55. The molecule has 0 saturated carbocycles. The molecule has 92 valence electrons. The Morgan fingerprint density at radius 2 is 2.11 bits per heavy atom. The summed E-state index contributed by atoms with van der Waals surface area (Å²) in [7, 11) is 0. The fraction of sp³-hybridized carbons (Fsp3) is 0.0833. The SMILES string of the molecule is Cc1cc(Oc2csc(C=O)c2)ccc1[N+](=O)[O-]. The normalized spacial score (nSPS) is 10.1. The third-order valence-corrected chi connectivity index (χ3v) is 3.15. The summed E-state index contributed by atoms with van der Waals surface area (Å²) in [6.07, 6.45) is 0.749. The number of rotatable bonds is 4. The number of benzene rings is 1. The molecule has 0 unspecified atom stereocenters. The zero-order valence-electron chi connectivity index (χ0n) is 9.45. The van der Waals surface area contributed by atoms with E-state index >= 15 is 0 Å². The lowest BCUT2D eigenvalue weighted by molar-refractivity contribution is -0.385. The van der Waals surface area contributed by atoms with E-state index in [-0.39, 0.29) is 5.69 Å². The van der Waals surface area contributed by atoms with E-state index in [4.69, 9.17) is 4.74 Å². The van der Waals surface area contributed by atoms with Crippen LogP contribution in [0.1, 0.15) is 15.2 Å². The number of nitrogens with zero attached hydrogens (tertiary/aromatic N) is 1. The number of hydrogen-bond acceptors (Lipinski definition) is 5. The molecule has 0 aliphatic heterocycles. The minimum Gasteiger partial charge on any atom is -0.456 e. The maximum Gasteiger partial charge on any atom is 0.272 e. The van der Waals surface area contributed by atoms with Gasteiger partial charge in [0.15, 0.2) is 6.29 Å². The third kappa shape index (κ3) is 2.54. The van der Waals surface area contributed by atoms with Gasteiger partial charge in [-0.25, -0.2) is 0 Å². The Labute approximate surface area is 107 Å². The predicted octanol–water partition coefficient (Wildman–Crippen LogP) is 3.57. The maximum absolute atomic E-state index is 10.7. The topological polar surface area (TPSA) is 69.4 Å². The molecule has 0 spiro atoms. The molecule has 2 rings (SSSR count). The molecule has 0 N–H and O–H groups in total. The van der Waals surface area contributed by atoms with Gasteiger partial charge in [-0.3, -0.25) is 14.9 Å². The number of thiophene rings is 1. The van der Waals surface area contributed by atoms with E-state index in [1.54, 1.807) is 24.4 Å². The Morgan fingerprint density at radius 1 is 1.33 bits per heavy atom. The standard InChI is InChI=1S/C12H9NO4S/c1-8-4-9(2-3-12(8)13(15)16)17-10-5-11(6-14)18-7-10/h2-7H,1H3. The molecule has 1 aromatic carbocycles. The average molecular weight is 263 g/mol. The number of hydrogen-bond donors (Lipinski definition) is 0. The van der Waals surface area contributed by atoms with Crippen LogP contribution < -0.4 is 4.74 Å². The summed E-state index contributed by atoms with van der Waals surface area (Å²) in [5.41, 5.74) is 0.588. The molecule has 0 aliphatic rings. The largest absolute Gasteiger partial charge is 0.456 e. The summed E-state index contributed by atoms with van der Waals surface area (Å²) in [5, 5.41) is 12.4. The van der Waals surface area contributed by atoms with Gasteiger partial charge in [-0.1, -0.05) is 0 Å². The van der Waals surface area contributed by atoms with E-state index in [1.807, 2.05) is 0 Å². The van der Waals surface area contributed by atoms with Gasteiger partial charge in [0, 0.05) is 23.1 Å². The number of nitro groups is 1. The van der Waals surface area contributed by atoms with Crippen molar-refractivity contribution < 1.29 is 14.5 Å². The van der Waals surface area contributed by atoms with Crippen LogP contribution >= 0.6 is 11.3 Å². The second kappa shape index (κ2) is 4.97. The monoisotopic (exact) mass is 263 g/mol. The van der Waals surface area contributed by atoms with Gasteiger partial charge in [-0.2, -0.15) is 0 Å². The molecule has 18 heavy (non-hydrogen) atoms. The van der Waals surface area contributed by atoms with E-state index < -0.39 is 4.92 Å². The van der Waals surface area contributed by atoms with E-state index in [0.717, 1.165) is 6.29 Å². The molecule has 0 amide bonds. The number of carbonyl (C=O) groups is 1. The molecule has 0 radical (unpaired) electrons. The molecule has 2 aromatic rings. The highest BCUT2D eigenvalue weighted by Crippen LogP contribution is 2.29. The average Bonchev–Trinajstić information content (AvgIpc) is 2.76. The van der Waals surface area contributed by atoms with Crippen LogP contribution in [0.5, 0.6) is 11.5 Å². The van der Waals surface area contributed by atoms with Gasteiger partial charge in [-0.15, -0.1) is 11.3 Å². The Hall–Kier alpha value is -2.21. The van der Waals surface area contributed by atoms with Crippen LogP contribution in [0, 0.1) is 17.0 Å². The van der Waals surface area contributed by atoms with Crippen molar-refractivity contribution in [3.8, 4) is 11.5 Å². The van der Waals surface area contributed by atoms with Crippen LogP contribution in [0.4, 0.5) is 5.69 Å². The number of aryl methyl sites for hydroxylation is 1. The highest BCUT2D eigenvalue weighted by molar-refractivity contribution is 7.11. The summed E-state index contributed by atoms with van der Waals surface area (Å²) in [6, 6.07) is 6.14. The molecule has 1 aromatic heterocycles. The Bertz CT molecular complexity index is 606. The van der Waals surface area contributed by atoms with Crippen LogP contribution in [-0.4, -0.2) is 11.2 Å². The maximum atomic E-state index is 10.7. The summed E-state index contributed by atoms with van der Waals surface area (Å²) < 4.78 is 5.51. The molecule has 0 aliphatic carbocycles. The van der Waals surface area contributed by atoms with Crippen molar-refractivity contribution in [1.82, 2.24) is 0 Å². The fourth-order valence-corrected chi connectivity index (χ4v) is 2.09. The second-order valence-electron chi connectivity index (χ2n) is 3.61. The number of nitro benzene ring substituents is 1. The summed E-state index contributed by atoms with van der Waals surface area (Å²) in [5.74, 6) is 1.06. The van der Waals surface area contributed by atoms with E-state index in [9.17, 15) is 14.9 Å². The van der Waals surface area contributed by atoms with Gasteiger partial charge in [0.25, 0.3) is 5.69 Å². The van der Waals surface area contributed by atoms with E-state index in [2.05, 4.69) is 0 Å². The van der Waals surface area contributed by atoms with E-state index in [1.165, 1.54) is 23.5 Å². The zero-order valence-corrected chi connectivity index (χ0v) is 10.3. The lowest BCUT2D eigenvalue weighted by Crippen LogP contribution is -1.92. The predicted molar refractivity (Wildman–Crippen MR) is 67.6 cm³/mol. The lowest BCUT2D eigenvalue weighted by Gasteiger charge is -2.04. The van der Waals surface area contributed by atoms with Gasteiger partial charge >= 0.3 is 0 Å². The summed E-state index contributed by atoms with van der Waals surface area (Å²) in [4.78, 5) is 21.3. The first kappa shape index (κ1) is 12.3. The van der Waals surface area contributed by atoms with Crippen molar-refractivity contribution in [3.63, 3.8) is 0 Å². The first-order valence-corrected chi connectivity index (χ1v) is 5.94. The molecule has 0 bridgehead atoms. The molecule has 5 nitrogen and oxygen atoms in total. The number of ether oxygens (including phenoxy) is 1. The van der Waals surface area contributed by atoms with Gasteiger partial charge in [0.2, 0.25) is 0 Å². The Balaban J connectivity index is 2.22. The van der Waals surface area contributed by atoms with Crippen LogP contribution in [-0.2, 0) is 0 Å². The van der Waals surface area contributed by atoms with Crippen molar-refractivity contribution in [3.05, 3.63) is 50.2 Å². The molecular weight excluding hydrogens is 254 g/mol. The molecule has 0 fully saturated rings. The third-order valence-electron chi connectivity index (χ3n) is 2.31. The van der Waals surface area contributed by atoms with Crippen LogP contribution in [0.15, 0.2) is 29.6 Å². The Kier molecular flexibility index (Phi) is 3.38. The first-order valence-electron chi connectivity index (χ1n) is 5.07. The van der Waals surface area contributed by atoms with Crippen molar-refractivity contribution in [2.24, 2.45) is 0 Å². The van der Waals surface area contributed by atoms with Gasteiger partial charge in [-0.05, 0) is 19.1 Å². The molecule has 0 saturated heterocycles. The molecular formula is C12H9NO4S. The van der Waals surface area contributed by atoms with Crippen molar-refractivity contribution in [2.45, 2.75) is 6.92 Å². The van der Waals surface area contributed by atoms with Crippen LogP contribution in [0.2, 0.25) is 0 Å².